The Balaban J connectivity index is 5.14. The van der Waals surface area contributed by atoms with Crippen LogP contribution in [0.25, 0.3) is 0 Å². The monoisotopic (exact) mass is 215 g/mol. The summed E-state index contributed by atoms with van der Waals surface area (Å²) in [7, 11) is -3.82. The van der Waals surface area contributed by atoms with Crippen molar-refractivity contribution in [2.45, 2.75) is 38.0 Å². The Hall–Kier alpha value is 0.160. The Morgan fingerprint density at radius 3 is 1.67 bits per heavy atom. The first-order chi connectivity index (χ1) is 5.06. The number of hydrogen-bond donors (Lipinski definition) is 1. The molecule has 0 aromatic heterocycles. The molecule has 0 rings (SSSR count). The second-order valence-electron chi connectivity index (χ2n) is 3.75. The van der Waals surface area contributed by atoms with Crippen molar-refractivity contribution in [1.29, 1.82) is 0 Å². The molecule has 0 saturated carbocycles. The zero-order chi connectivity index (χ0) is 10.2. The first kappa shape index (κ1) is 12.2. The van der Waals surface area contributed by atoms with Gasteiger partial charge in [0.2, 0.25) is 0 Å². The summed E-state index contributed by atoms with van der Waals surface area (Å²) in [6, 6.07) is 0. The van der Waals surface area contributed by atoms with Gasteiger partial charge in [-0.05, 0) is 27.7 Å². The molecule has 0 amide bonds. The molecule has 0 atom stereocenters. The third-order valence-electron chi connectivity index (χ3n) is 2.26. The molecule has 74 valence electrons. The van der Waals surface area contributed by atoms with Gasteiger partial charge >= 0.3 is 0 Å². The molecular formula is C6H14ClNO3S. The average Bonchev–Trinajstić information content (AvgIpc) is 1.85. The van der Waals surface area contributed by atoms with Gasteiger partial charge in [-0.25, -0.2) is 0 Å². The van der Waals surface area contributed by atoms with Crippen LogP contribution in [0.15, 0.2) is 0 Å². The number of rotatable bonds is 3. The molecular weight excluding hydrogens is 202 g/mol. The van der Waals surface area contributed by atoms with Gasteiger partial charge in [0.05, 0.1) is 11.9 Å². The summed E-state index contributed by atoms with van der Waals surface area (Å²) < 4.78 is 25.1. The predicted molar refractivity (Wildman–Crippen MR) is 48.2 cm³/mol. The second-order valence-corrected chi connectivity index (χ2v) is 6.18. The van der Waals surface area contributed by atoms with Gasteiger partial charge in [0.1, 0.15) is 4.75 Å². The van der Waals surface area contributed by atoms with E-state index in [1.807, 2.05) is 0 Å². The fourth-order valence-corrected chi connectivity index (χ4v) is 1.68. The smallest absolute Gasteiger partial charge is 0.290 e. The molecule has 0 aliphatic heterocycles. The molecule has 0 saturated heterocycles. The molecule has 0 aliphatic rings. The molecule has 0 aliphatic carbocycles. The highest BCUT2D eigenvalue weighted by Gasteiger charge is 2.46. The SMILES string of the molecule is CC(C)(N)C(C)(C)S(=O)(=O)OCl. The van der Waals surface area contributed by atoms with E-state index in [0.29, 0.717) is 0 Å². The van der Waals surface area contributed by atoms with Crippen LogP contribution in [0.3, 0.4) is 0 Å². The molecule has 0 radical (unpaired) electrons. The molecule has 2 N–H and O–H groups in total. The van der Waals surface area contributed by atoms with Crippen LogP contribution in [0.4, 0.5) is 0 Å². The average molecular weight is 216 g/mol. The van der Waals surface area contributed by atoms with Gasteiger partial charge < -0.3 is 5.73 Å². The highest BCUT2D eigenvalue weighted by Crippen LogP contribution is 2.29. The zero-order valence-corrected chi connectivity index (χ0v) is 9.16. The van der Waals surface area contributed by atoms with Gasteiger partial charge in [-0.1, -0.05) is 0 Å². The molecule has 0 heterocycles. The van der Waals surface area contributed by atoms with Crippen LogP contribution in [-0.2, 0) is 13.9 Å². The van der Waals surface area contributed by atoms with Crippen molar-refractivity contribution in [3.8, 4) is 0 Å². The van der Waals surface area contributed by atoms with Crippen molar-refractivity contribution in [2.75, 3.05) is 0 Å². The molecule has 0 fully saturated rings. The van der Waals surface area contributed by atoms with E-state index in [0.717, 1.165) is 0 Å². The van der Waals surface area contributed by atoms with E-state index < -0.39 is 20.4 Å². The Morgan fingerprint density at radius 1 is 1.25 bits per heavy atom. The summed E-state index contributed by atoms with van der Waals surface area (Å²) in [5, 5.41) is 0. The van der Waals surface area contributed by atoms with Crippen LogP contribution in [0.2, 0.25) is 0 Å². The molecule has 0 spiro atoms. The molecule has 6 heteroatoms. The minimum absolute atomic E-state index is 0.916. The van der Waals surface area contributed by atoms with E-state index in [2.05, 4.69) is 3.74 Å². The highest BCUT2D eigenvalue weighted by atomic mass is 35.5. The molecule has 0 aromatic rings. The summed E-state index contributed by atoms with van der Waals surface area (Å²) in [4.78, 5) is 0. The van der Waals surface area contributed by atoms with Crippen LogP contribution in [0, 0.1) is 0 Å². The number of nitrogens with two attached hydrogens (primary N) is 1. The lowest BCUT2D eigenvalue weighted by Gasteiger charge is -2.35. The van der Waals surface area contributed by atoms with Gasteiger partial charge in [-0.15, -0.1) is 0 Å². The van der Waals surface area contributed by atoms with E-state index in [1.165, 1.54) is 13.8 Å². The lowest BCUT2D eigenvalue weighted by Crippen LogP contribution is -2.57. The van der Waals surface area contributed by atoms with Crippen molar-refractivity contribution >= 4 is 22.0 Å². The van der Waals surface area contributed by atoms with E-state index in [4.69, 9.17) is 17.6 Å². The van der Waals surface area contributed by atoms with E-state index in [1.54, 1.807) is 13.8 Å². The summed E-state index contributed by atoms with van der Waals surface area (Å²) in [5.74, 6) is 0. The largest absolute Gasteiger partial charge is 0.324 e. The Bertz CT molecular complexity index is 252. The lowest BCUT2D eigenvalue weighted by atomic mass is 9.91. The summed E-state index contributed by atoms with van der Waals surface area (Å²) in [6.07, 6.45) is 0. The minimum atomic E-state index is -3.82. The van der Waals surface area contributed by atoms with Crippen LogP contribution in [-0.4, -0.2) is 18.7 Å². The summed E-state index contributed by atoms with van der Waals surface area (Å²) in [6.45, 7) is 6.12. The quantitative estimate of drug-likeness (QED) is 0.763. The third kappa shape index (κ3) is 1.90. The molecule has 0 bridgehead atoms. The predicted octanol–water partition coefficient (Wildman–Crippen LogP) is 1.00. The van der Waals surface area contributed by atoms with Crippen molar-refractivity contribution in [3.05, 3.63) is 0 Å². The third-order valence-corrected chi connectivity index (χ3v) is 4.70. The zero-order valence-electron chi connectivity index (χ0n) is 7.59. The van der Waals surface area contributed by atoms with E-state index in [9.17, 15) is 8.42 Å². The fraction of sp³-hybridized carbons (Fsp3) is 1.00. The van der Waals surface area contributed by atoms with Gasteiger partial charge in [-0.3, -0.25) is 0 Å². The van der Waals surface area contributed by atoms with Crippen LogP contribution < -0.4 is 5.73 Å². The number of hydrogen-bond acceptors (Lipinski definition) is 4. The van der Waals surface area contributed by atoms with Gasteiger partial charge in [0.15, 0.2) is 0 Å². The van der Waals surface area contributed by atoms with E-state index in [-0.39, 0.29) is 0 Å². The van der Waals surface area contributed by atoms with E-state index >= 15 is 0 Å². The van der Waals surface area contributed by atoms with Crippen LogP contribution in [0.5, 0.6) is 0 Å². The van der Waals surface area contributed by atoms with Gasteiger partial charge in [0, 0.05) is 5.54 Å². The Morgan fingerprint density at radius 2 is 1.58 bits per heavy atom. The fourth-order valence-electron chi connectivity index (χ4n) is 0.401. The number of halogens is 1. The summed E-state index contributed by atoms with van der Waals surface area (Å²) >= 11 is 4.84. The second kappa shape index (κ2) is 3.14. The first-order valence-corrected chi connectivity index (χ1v) is 5.11. The first-order valence-electron chi connectivity index (χ1n) is 3.40. The maximum Gasteiger partial charge on any atom is 0.290 e. The minimum Gasteiger partial charge on any atom is -0.324 e. The Kier molecular flexibility index (Phi) is 3.18. The Labute approximate surface area is 78.3 Å². The van der Waals surface area contributed by atoms with Gasteiger partial charge in [-0.2, -0.15) is 12.2 Å². The van der Waals surface area contributed by atoms with Gasteiger partial charge in [0.25, 0.3) is 10.1 Å². The summed E-state index contributed by atoms with van der Waals surface area (Å²) in [5.41, 5.74) is 4.74. The normalized spacial score (nSPS) is 14.8. The van der Waals surface area contributed by atoms with Crippen LogP contribution >= 0.6 is 11.9 Å². The molecule has 0 unspecified atom stereocenters. The van der Waals surface area contributed by atoms with Crippen molar-refractivity contribution in [3.63, 3.8) is 0 Å². The lowest BCUT2D eigenvalue weighted by molar-refractivity contribution is 0.358. The maximum absolute atomic E-state index is 11.2. The standard InChI is InChI=1S/C6H14ClNO3S/c1-5(2,8)6(3,4)12(9,10)11-7/h8H2,1-4H3. The van der Waals surface area contributed by atoms with Crippen molar-refractivity contribution in [2.24, 2.45) is 5.73 Å². The van der Waals surface area contributed by atoms with Crippen molar-refractivity contribution < 1.29 is 12.2 Å². The topological polar surface area (TPSA) is 69.4 Å². The molecule has 12 heavy (non-hydrogen) atoms. The molecule has 4 nitrogen and oxygen atoms in total. The highest BCUT2D eigenvalue weighted by molar-refractivity contribution is 7.88. The van der Waals surface area contributed by atoms with Crippen LogP contribution in [0.1, 0.15) is 27.7 Å². The maximum atomic E-state index is 11.2. The molecule has 0 aromatic carbocycles. The van der Waals surface area contributed by atoms with Crippen molar-refractivity contribution in [1.82, 2.24) is 0 Å².